The van der Waals surface area contributed by atoms with Crippen molar-refractivity contribution in [1.82, 2.24) is 4.98 Å². The summed E-state index contributed by atoms with van der Waals surface area (Å²) < 4.78 is 0. The molecule has 0 saturated heterocycles. The van der Waals surface area contributed by atoms with Gasteiger partial charge in [-0.3, -0.25) is 0 Å². The van der Waals surface area contributed by atoms with Crippen LogP contribution in [0.1, 0.15) is 10.4 Å². The molecule has 0 fully saturated rings. The van der Waals surface area contributed by atoms with E-state index in [4.69, 9.17) is 10.8 Å². The SMILES string of the molecule is CSc1ccccc1Nc1cc(C(=O)O)c(N)cn1. The van der Waals surface area contributed by atoms with Crippen molar-refractivity contribution in [2.45, 2.75) is 4.90 Å². The lowest BCUT2D eigenvalue weighted by Gasteiger charge is -2.10. The number of para-hydroxylation sites is 1. The molecule has 0 aliphatic carbocycles. The molecule has 0 spiro atoms. The predicted molar refractivity (Wildman–Crippen MR) is 77.1 cm³/mol. The summed E-state index contributed by atoms with van der Waals surface area (Å²) in [5.74, 6) is -0.616. The molecule has 0 aliphatic heterocycles. The van der Waals surface area contributed by atoms with Crippen LogP contribution in [0, 0.1) is 0 Å². The zero-order valence-corrected chi connectivity index (χ0v) is 11.1. The zero-order chi connectivity index (χ0) is 13.8. The van der Waals surface area contributed by atoms with Gasteiger partial charge in [0, 0.05) is 4.90 Å². The molecular weight excluding hydrogens is 262 g/mol. The second-order valence-corrected chi connectivity index (χ2v) is 4.64. The van der Waals surface area contributed by atoms with Crippen LogP contribution in [0.3, 0.4) is 0 Å². The number of aromatic nitrogens is 1. The van der Waals surface area contributed by atoms with Gasteiger partial charge in [0.15, 0.2) is 0 Å². The molecule has 0 radical (unpaired) electrons. The van der Waals surface area contributed by atoms with E-state index in [0.29, 0.717) is 5.82 Å². The fourth-order valence-corrected chi connectivity index (χ4v) is 2.16. The Morgan fingerprint density at radius 3 is 2.84 bits per heavy atom. The second-order valence-electron chi connectivity index (χ2n) is 3.79. The number of nitrogens with one attached hydrogen (secondary N) is 1. The molecule has 4 N–H and O–H groups in total. The van der Waals surface area contributed by atoms with Gasteiger partial charge in [0.05, 0.1) is 23.1 Å². The van der Waals surface area contributed by atoms with Crippen molar-refractivity contribution in [3.63, 3.8) is 0 Å². The number of thioether (sulfide) groups is 1. The molecule has 0 bridgehead atoms. The molecule has 1 aromatic carbocycles. The molecule has 1 aromatic heterocycles. The lowest BCUT2D eigenvalue weighted by Crippen LogP contribution is -2.05. The third-order valence-electron chi connectivity index (χ3n) is 2.53. The van der Waals surface area contributed by atoms with Crippen LogP contribution < -0.4 is 11.1 Å². The van der Waals surface area contributed by atoms with E-state index in [1.165, 1.54) is 12.3 Å². The first-order valence-corrected chi connectivity index (χ1v) is 6.73. The van der Waals surface area contributed by atoms with Crippen molar-refractivity contribution >= 4 is 34.9 Å². The number of hydrogen-bond acceptors (Lipinski definition) is 5. The van der Waals surface area contributed by atoms with Crippen LogP contribution in [0.15, 0.2) is 41.4 Å². The largest absolute Gasteiger partial charge is 0.478 e. The van der Waals surface area contributed by atoms with Gasteiger partial charge in [-0.2, -0.15) is 0 Å². The fraction of sp³-hybridized carbons (Fsp3) is 0.0769. The number of carboxylic acids is 1. The number of rotatable bonds is 4. The van der Waals surface area contributed by atoms with Gasteiger partial charge >= 0.3 is 5.97 Å². The van der Waals surface area contributed by atoms with Gasteiger partial charge in [0.2, 0.25) is 0 Å². The number of nitrogens with zero attached hydrogens (tertiary/aromatic N) is 1. The number of aromatic carboxylic acids is 1. The fourth-order valence-electron chi connectivity index (χ4n) is 1.61. The first-order valence-electron chi connectivity index (χ1n) is 5.50. The van der Waals surface area contributed by atoms with Crippen LogP contribution in [0.25, 0.3) is 0 Å². The molecule has 2 rings (SSSR count). The number of pyridine rings is 1. The van der Waals surface area contributed by atoms with Crippen molar-refractivity contribution in [3.05, 3.63) is 42.1 Å². The average molecular weight is 275 g/mol. The van der Waals surface area contributed by atoms with Crippen LogP contribution >= 0.6 is 11.8 Å². The summed E-state index contributed by atoms with van der Waals surface area (Å²) in [6.07, 6.45) is 3.31. The Balaban J connectivity index is 2.33. The standard InChI is InChI=1S/C13H13N3O2S/c1-19-11-5-3-2-4-10(11)16-12-6-8(13(17)18)9(14)7-15-12/h2-7H,14H2,1H3,(H,15,16)(H,17,18). The van der Waals surface area contributed by atoms with Crippen LogP contribution in [0.2, 0.25) is 0 Å². The summed E-state index contributed by atoms with van der Waals surface area (Å²) >= 11 is 1.60. The number of carboxylic acid groups (broad SMARTS) is 1. The Hall–Kier alpha value is -2.21. The highest BCUT2D eigenvalue weighted by Gasteiger charge is 2.10. The van der Waals surface area contributed by atoms with E-state index in [0.717, 1.165) is 10.6 Å². The molecular formula is C13H13N3O2S. The number of anilines is 3. The maximum Gasteiger partial charge on any atom is 0.337 e. The molecule has 98 valence electrons. The molecule has 0 amide bonds. The van der Waals surface area contributed by atoms with Crippen LogP contribution in [-0.2, 0) is 0 Å². The molecule has 0 saturated carbocycles. The monoisotopic (exact) mass is 275 g/mol. The second kappa shape index (κ2) is 5.62. The van der Waals surface area contributed by atoms with E-state index < -0.39 is 5.97 Å². The highest BCUT2D eigenvalue weighted by atomic mass is 32.2. The number of hydrogen-bond donors (Lipinski definition) is 3. The zero-order valence-electron chi connectivity index (χ0n) is 10.3. The highest BCUT2D eigenvalue weighted by molar-refractivity contribution is 7.98. The molecule has 1 heterocycles. The molecule has 6 heteroatoms. The van der Waals surface area contributed by atoms with Crippen molar-refractivity contribution in [3.8, 4) is 0 Å². The van der Waals surface area contributed by atoms with Gasteiger partial charge in [-0.25, -0.2) is 9.78 Å². The minimum absolute atomic E-state index is 0.0409. The third-order valence-corrected chi connectivity index (χ3v) is 3.33. The maximum absolute atomic E-state index is 11.0. The molecule has 0 unspecified atom stereocenters. The summed E-state index contributed by atoms with van der Waals surface area (Å²) in [5.41, 5.74) is 6.63. The summed E-state index contributed by atoms with van der Waals surface area (Å²) in [5, 5.41) is 12.1. The number of nitrogens with two attached hydrogens (primary N) is 1. The molecule has 0 atom stereocenters. The van der Waals surface area contributed by atoms with Gasteiger partial charge in [-0.05, 0) is 24.5 Å². The predicted octanol–water partition coefficient (Wildman–Crippen LogP) is 2.83. The quantitative estimate of drug-likeness (QED) is 0.744. The summed E-state index contributed by atoms with van der Waals surface area (Å²) in [4.78, 5) is 16.1. The minimum atomic E-state index is -1.07. The van der Waals surface area contributed by atoms with E-state index in [-0.39, 0.29) is 11.3 Å². The highest BCUT2D eigenvalue weighted by Crippen LogP contribution is 2.27. The van der Waals surface area contributed by atoms with Crippen LogP contribution in [-0.4, -0.2) is 22.3 Å². The molecule has 0 aliphatic rings. The van der Waals surface area contributed by atoms with Gasteiger partial charge < -0.3 is 16.2 Å². The molecule has 19 heavy (non-hydrogen) atoms. The summed E-state index contributed by atoms with van der Waals surface area (Å²) in [6, 6.07) is 9.15. The Bertz CT molecular complexity index is 617. The van der Waals surface area contributed by atoms with Crippen molar-refractivity contribution in [1.29, 1.82) is 0 Å². The van der Waals surface area contributed by atoms with Crippen molar-refractivity contribution in [2.24, 2.45) is 0 Å². The lowest BCUT2D eigenvalue weighted by atomic mass is 10.2. The third kappa shape index (κ3) is 2.97. The number of nitrogen functional groups attached to an aromatic ring is 1. The Labute approximate surface area is 114 Å². The average Bonchev–Trinajstić information content (AvgIpc) is 2.41. The van der Waals surface area contributed by atoms with E-state index >= 15 is 0 Å². The van der Waals surface area contributed by atoms with Crippen molar-refractivity contribution in [2.75, 3.05) is 17.3 Å². The summed E-state index contributed by atoms with van der Waals surface area (Å²) in [6.45, 7) is 0. The molecule has 2 aromatic rings. The van der Waals surface area contributed by atoms with Crippen LogP contribution in [0.5, 0.6) is 0 Å². The van der Waals surface area contributed by atoms with Crippen molar-refractivity contribution < 1.29 is 9.90 Å². The van der Waals surface area contributed by atoms with Gasteiger partial charge in [0.1, 0.15) is 5.82 Å². The molecule has 5 nitrogen and oxygen atoms in total. The number of carbonyl (C=O) groups is 1. The smallest absolute Gasteiger partial charge is 0.337 e. The van der Waals surface area contributed by atoms with Crippen LogP contribution in [0.4, 0.5) is 17.2 Å². The Morgan fingerprint density at radius 1 is 1.42 bits per heavy atom. The normalized spacial score (nSPS) is 10.2. The van der Waals surface area contributed by atoms with Gasteiger partial charge in [-0.1, -0.05) is 12.1 Å². The first-order chi connectivity index (χ1) is 9.11. The topological polar surface area (TPSA) is 88.2 Å². The number of benzene rings is 1. The van der Waals surface area contributed by atoms with Gasteiger partial charge in [-0.15, -0.1) is 11.8 Å². The maximum atomic E-state index is 11.0. The lowest BCUT2D eigenvalue weighted by molar-refractivity contribution is 0.0698. The Morgan fingerprint density at radius 2 is 2.16 bits per heavy atom. The Kier molecular flexibility index (Phi) is 3.91. The van der Waals surface area contributed by atoms with E-state index in [1.807, 2.05) is 30.5 Å². The van der Waals surface area contributed by atoms with Gasteiger partial charge in [0.25, 0.3) is 0 Å². The van der Waals surface area contributed by atoms with E-state index in [1.54, 1.807) is 11.8 Å². The minimum Gasteiger partial charge on any atom is -0.478 e. The van der Waals surface area contributed by atoms with E-state index in [2.05, 4.69) is 10.3 Å². The van der Waals surface area contributed by atoms with E-state index in [9.17, 15) is 4.79 Å². The first kappa shape index (κ1) is 13.2. The summed E-state index contributed by atoms with van der Waals surface area (Å²) in [7, 11) is 0.